The highest BCUT2D eigenvalue weighted by Crippen LogP contribution is 2.14. The third kappa shape index (κ3) is 5.44. The third-order valence-corrected chi connectivity index (χ3v) is 3.17. The van der Waals surface area contributed by atoms with Crippen molar-refractivity contribution >= 4 is 11.8 Å². The van der Waals surface area contributed by atoms with Crippen LogP contribution in [0.3, 0.4) is 0 Å². The maximum atomic E-state index is 5.70. The van der Waals surface area contributed by atoms with Gasteiger partial charge in [-0.2, -0.15) is 0 Å². The minimum atomic E-state index is 0.689. The normalized spacial score (nSPS) is 10.9. The lowest BCUT2D eigenvalue weighted by molar-refractivity contribution is 0.119. The lowest BCUT2D eigenvalue weighted by Crippen LogP contribution is -2.24. The molecule has 21 heavy (non-hydrogen) atoms. The Balaban J connectivity index is 1.79. The van der Waals surface area contributed by atoms with Crippen molar-refractivity contribution in [2.45, 2.75) is 19.8 Å². The fraction of sp³-hybridized carbons (Fsp3) is 0.263. The second kappa shape index (κ2) is 8.98. The average molecular weight is 281 g/mol. The van der Waals surface area contributed by atoms with Gasteiger partial charge in [0, 0.05) is 6.54 Å². The molecule has 0 aliphatic rings. The quantitative estimate of drug-likeness (QED) is 0.502. The maximum absolute atomic E-state index is 5.70. The van der Waals surface area contributed by atoms with Gasteiger partial charge in [-0.05, 0) is 37.5 Å². The molecule has 0 aliphatic carbocycles. The van der Waals surface area contributed by atoms with Crippen LogP contribution in [-0.2, 0) is 4.84 Å². The van der Waals surface area contributed by atoms with Crippen molar-refractivity contribution in [1.29, 1.82) is 0 Å². The van der Waals surface area contributed by atoms with Gasteiger partial charge >= 0.3 is 0 Å². The van der Waals surface area contributed by atoms with Gasteiger partial charge in [0.05, 0.1) is 12.3 Å². The van der Waals surface area contributed by atoms with Crippen molar-refractivity contribution in [2.24, 2.45) is 0 Å². The molecule has 0 saturated carbocycles. The van der Waals surface area contributed by atoms with Crippen LogP contribution in [0, 0.1) is 0 Å². The van der Waals surface area contributed by atoms with E-state index in [0.717, 1.165) is 25.1 Å². The van der Waals surface area contributed by atoms with E-state index < -0.39 is 0 Å². The molecule has 0 N–H and O–H groups in total. The smallest absolute Gasteiger partial charge is 0.0720 e. The Kier molecular flexibility index (Phi) is 6.56. The van der Waals surface area contributed by atoms with Crippen LogP contribution < -0.4 is 5.06 Å². The Bertz CT molecular complexity index is 522. The van der Waals surface area contributed by atoms with Gasteiger partial charge in [-0.15, -0.1) is 0 Å². The molecular weight excluding hydrogens is 258 g/mol. The molecule has 0 bridgehead atoms. The topological polar surface area (TPSA) is 12.5 Å². The molecule has 0 aromatic heterocycles. The molecule has 0 radical (unpaired) electrons. The molecule has 0 amide bonds. The molecule has 0 fully saturated rings. The van der Waals surface area contributed by atoms with Crippen LogP contribution in [-0.4, -0.2) is 13.2 Å². The molecule has 2 rings (SSSR count). The summed E-state index contributed by atoms with van der Waals surface area (Å²) in [6.07, 6.45) is 6.52. The first-order valence-corrected chi connectivity index (χ1v) is 7.57. The highest BCUT2D eigenvalue weighted by molar-refractivity contribution is 5.48. The van der Waals surface area contributed by atoms with Gasteiger partial charge in [0.15, 0.2) is 0 Å². The first-order valence-electron chi connectivity index (χ1n) is 7.57. The first kappa shape index (κ1) is 15.3. The fourth-order valence-electron chi connectivity index (χ4n) is 2.15. The number of nitrogens with zero attached hydrogens (tertiary/aromatic N) is 1. The summed E-state index contributed by atoms with van der Waals surface area (Å²) in [6, 6.07) is 20.7. The zero-order chi connectivity index (χ0) is 14.8. The Morgan fingerprint density at radius 1 is 0.952 bits per heavy atom. The van der Waals surface area contributed by atoms with Crippen molar-refractivity contribution in [2.75, 3.05) is 18.2 Å². The predicted octanol–water partition coefficient (Wildman–Crippen LogP) is 4.94. The molecule has 0 aliphatic heterocycles. The SMILES string of the molecule is CCON(CCCC=Cc1ccccc1)c1ccccc1. The summed E-state index contributed by atoms with van der Waals surface area (Å²) in [4.78, 5) is 5.70. The van der Waals surface area contributed by atoms with E-state index in [-0.39, 0.29) is 0 Å². The number of rotatable bonds is 8. The minimum Gasteiger partial charge on any atom is -0.274 e. The van der Waals surface area contributed by atoms with Gasteiger partial charge in [-0.3, -0.25) is 9.90 Å². The highest BCUT2D eigenvalue weighted by Gasteiger charge is 2.04. The van der Waals surface area contributed by atoms with Crippen molar-refractivity contribution < 1.29 is 4.84 Å². The molecule has 0 heterocycles. The maximum Gasteiger partial charge on any atom is 0.0720 e. The predicted molar refractivity (Wildman–Crippen MR) is 90.1 cm³/mol. The van der Waals surface area contributed by atoms with E-state index in [0.29, 0.717) is 6.61 Å². The molecule has 0 unspecified atom stereocenters. The minimum absolute atomic E-state index is 0.689. The summed E-state index contributed by atoms with van der Waals surface area (Å²) in [5.41, 5.74) is 2.37. The monoisotopic (exact) mass is 281 g/mol. The van der Waals surface area contributed by atoms with Crippen molar-refractivity contribution in [3.8, 4) is 0 Å². The van der Waals surface area contributed by atoms with Gasteiger partial charge in [0.2, 0.25) is 0 Å². The number of hydroxylamine groups is 1. The fourth-order valence-corrected chi connectivity index (χ4v) is 2.15. The van der Waals surface area contributed by atoms with Crippen LogP contribution in [0.4, 0.5) is 5.69 Å². The van der Waals surface area contributed by atoms with Crippen molar-refractivity contribution in [3.63, 3.8) is 0 Å². The Hall–Kier alpha value is -2.06. The second-order valence-electron chi connectivity index (χ2n) is 4.81. The number of unbranched alkanes of at least 4 members (excludes halogenated alkanes) is 1. The molecule has 2 aromatic carbocycles. The number of hydrogen-bond donors (Lipinski definition) is 0. The van der Waals surface area contributed by atoms with Gasteiger partial charge in [-0.1, -0.05) is 60.7 Å². The van der Waals surface area contributed by atoms with Gasteiger partial charge in [0.25, 0.3) is 0 Å². The van der Waals surface area contributed by atoms with Gasteiger partial charge in [-0.25, -0.2) is 0 Å². The zero-order valence-electron chi connectivity index (χ0n) is 12.6. The lowest BCUT2D eigenvalue weighted by atomic mass is 10.2. The number of benzene rings is 2. The first-order chi connectivity index (χ1) is 10.4. The van der Waals surface area contributed by atoms with Crippen LogP contribution >= 0.6 is 0 Å². The van der Waals surface area contributed by atoms with Crippen molar-refractivity contribution in [3.05, 3.63) is 72.3 Å². The standard InChI is InChI=1S/C19H23NO/c1-2-21-20(19-15-9-4-10-16-19)17-11-5-8-14-18-12-6-3-7-13-18/h3-4,6-10,12-16H,2,5,11,17H2,1H3. The number of hydrogen-bond acceptors (Lipinski definition) is 2. The molecule has 110 valence electrons. The molecule has 0 spiro atoms. The van der Waals surface area contributed by atoms with Crippen LogP contribution in [0.1, 0.15) is 25.3 Å². The number of para-hydroxylation sites is 1. The average Bonchev–Trinajstić information content (AvgIpc) is 2.55. The van der Waals surface area contributed by atoms with E-state index in [9.17, 15) is 0 Å². The lowest BCUT2D eigenvalue weighted by Gasteiger charge is -2.22. The Labute approximate surface area is 127 Å². The van der Waals surface area contributed by atoms with E-state index in [1.54, 1.807) is 0 Å². The van der Waals surface area contributed by atoms with Crippen LogP contribution in [0.5, 0.6) is 0 Å². The summed E-state index contributed by atoms with van der Waals surface area (Å²) in [5.74, 6) is 0. The molecule has 0 atom stereocenters. The van der Waals surface area contributed by atoms with E-state index >= 15 is 0 Å². The molecule has 0 saturated heterocycles. The third-order valence-electron chi connectivity index (χ3n) is 3.17. The molecular formula is C19H23NO. The summed E-state index contributed by atoms with van der Waals surface area (Å²) in [5, 5.41) is 1.98. The summed E-state index contributed by atoms with van der Waals surface area (Å²) in [6.45, 7) is 3.61. The van der Waals surface area contributed by atoms with Crippen LogP contribution in [0.25, 0.3) is 6.08 Å². The Morgan fingerprint density at radius 3 is 2.29 bits per heavy atom. The van der Waals surface area contributed by atoms with Crippen LogP contribution in [0.15, 0.2) is 66.7 Å². The summed E-state index contributed by atoms with van der Waals surface area (Å²) in [7, 11) is 0. The van der Waals surface area contributed by atoms with E-state index in [2.05, 4.69) is 48.6 Å². The molecule has 2 aromatic rings. The number of allylic oxidation sites excluding steroid dienone is 1. The Morgan fingerprint density at radius 2 is 1.62 bits per heavy atom. The summed E-state index contributed by atoms with van der Waals surface area (Å²) < 4.78 is 0. The van der Waals surface area contributed by atoms with Gasteiger partial charge in [0.1, 0.15) is 0 Å². The van der Waals surface area contributed by atoms with Crippen molar-refractivity contribution in [1.82, 2.24) is 0 Å². The largest absolute Gasteiger partial charge is 0.274 e. The molecule has 2 nitrogen and oxygen atoms in total. The second-order valence-corrected chi connectivity index (χ2v) is 4.81. The van der Waals surface area contributed by atoms with E-state index in [1.807, 2.05) is 36.3 Å². The summed E-state index contributed by atoms with van der Waals surface area (Å²) >= 11 is 0. The molecule has 2 heteroatoms. The van der Waals surface area contributed by atoms with E-state index in [1.165, 1.54) is 5.56 Å². The highest BCUT2D eigenvalue weighted by atomic mass is 16.7. The van der Waals surface area contributed by atoms with E-state index in [4.69, 9.17) is 4.84 Å². The zero-order valence-corrected chi connectivity index (χ0v) is 12.6. The number of anilines is 1. The van der Waals surface area contributed by atoms with Gasteiger partial charge < -0.3 is 0 Å². The van der Waals surface area contributed by atoms with Crippen LogP contribution in [0.2, 0.25) is 0 Å².